The van der Waals surface area contributed by atoms with Crippen LogP contribution in [0, 0.1) is 11.8 Å². The van der Waals surface area contributed by atoms with Crippen LogP contribution < -0.4 is 0 Å². The van der Waals surface area contributed by atoms with Crippen molar-refractivity contribution in [3.8, 4) is 11.8 Å². The van der Waals surface area contributed by atoms with Crippen molar-refractivity contribution in [2.24, 2.45) is 0 Å². The number of carbonyl (C=O) groups is 1. The summed E-state index contributed by atoms with van der Waals surface area (Å²) in [7, 11) is -3.69. The van der Waals surface area contributed by atoms with Crippen molar-refractivity contribution in [1.29, 1.82) is 0 Å². The van der Waals surface area contributed by atoms with Gasteiger partial charge in [-0.3, -0.25) is 0 Å². The van der Waals surface area contributed by atoms with Gasteiger partial charge in [0, 0.05) is 6.42 Å². The van der Waals surface area contributed by atoms with Gasteiger partial charge < -0.3 is 5.11 Å². The first-order valence-corrected chi connectivity index (χ1v) is 7.55. The lowest BCUT2D eigenvalue weighted by Gasteiger charge is -2.07. The molecule has 1 aromatic carbocycles. The van der Waals surface area contributed by atoms with Gasteiger partial charge in [-0.15, -0.1) is 11.8 Å². The van der Waals surface area contributed by atoms with Gasteiger partial charge in [-0.2, -0.15) is 0 Å². The van der Waals surface area contributed by atoms with E-state index in [1.54, 1.807) is 6.92 Å². The quantitative estimate of drug-likeness (QED) is 0.866. The third-order valence-corrected chi connectivity index (χ3v) is 4.75. The Morgan fingerprint density at radius 3 is 2.47 bits per heavy atom. The van der Waals surface area contributed by atoms with E-state index >= 15 is 0 Å². The van der Waals surface area contributed by atoms with Gasteiger partial charge >= 0.3 is 5.97 Å². The lowest BCUT2D eigenvalue weighted by Crippen LogP contribution is -2.09. The predicted molar refractivity (Wildman–Crippen MR) is 73.5 cm³/mol. The Bertz CT molecular complexity index is 669. The van der Waals surface area contributed by atoms with Gasteiger partial charge in [0.05, 0.1) is 26.3 Å². The van der Waals surface area contributed by atoms with Crippen LogP contribution in [0.2, 0.25) is 10.0 Å². The molecular weight excluding hydrogens is 311 g/mol. The Kier molecular flexibility index (Phi) is 5.24. The van der Waals surface area contributed by atoms with E-state index in [1.165, 1.54) is 0 Å². The molecule has 0 saturated heterocycles. The molecule has 0 heterocycles. The van der Waals surface area contributed by atoms with Crippen LogP contribution in [0.15, 0.2) is 17.0 Å². The fraction of sp³-hybridized carbons (Fsp3) is 0.250. The zero-order valence-corrected chi connectivity index (χ0v) is 12.2. The molecule has 4 nitrogen and oxygen atoms in total. The van der Waals surface area contributed by atoms with Crippen LogP contribution in [0.4, 0.5) is 0 Å². The van der Waals surface area contributed by atoms with Gasteiger partial charge in [0.1, 0.15) is 0 Å². The Labute approximate surface area is 121 Å². The lowest BCUT2D eigenvalue weighted by molar-refractivity contribution is 0.0697. The molecule has 1 rings (SSSR count). The first kappa shape index (κ1) is 15.8. The van der Waals surface area contributed by atoms with Crippen LogP contribution >= 0.6 is 23.2 Å². The molecule has 1 N–H and O–H groups in total. The van der Waals surface area contributed by atoms with Gasteiger partial charge in [-0.05, 0) is 19.1 Å². The third kappa shape index (κ3) is 3.87. The lowest BCUT2D eigenvalue weighted by atomic mass is 10.2. The highest BCUT2D eigenvalue weighted by Gasteiger charge is 2.22. The van der Waals surface area contributed by atoms with Crippen LogP contribution in [0.25, 0.3) is 0 Å². The van der Waals surface area contributed by atoms with Crippen LogP contribution in [-0.4, -0.2) is 25.2 Å². The molecule has 0 aliphatic heterocycles. The number of benzene rings is 1. The first-order chi connectivity index (χ1) is 8.79. The minimum Gasteiger partial charge on any atom is -0.478 e. The summed E-state index contributed by atoms with van der Waals surface area (Å²) in [4.78, 5) is 10.7. The summed E-state index contributed by atoms with van der Waals surface area (Å²) in [5, 5.41) is 8.71. The molecule has 0 aromatic heterocycles. The Balaban J connectivity index is 3.29. The molecule has 0 atom stereocenters. The Hall–Kier alpha value is -1.22. The largest absolute Gasteiger partial charge is 0.478 e. The van der Waals surface area contributed by atoms with Gasteiger partial charge in [-0.1, -0.05) is 23.2 Å². The molecule has 0 saturated carbocycles. The van der Waals surface area contributed by atoms with Gasteiger partial charge in [0.2, 0.25) is 0 Å². The molecule has 0 radical (unpaired) electrons. The molecule has 0 fully saturated rings. The summed E-state index contributed by atoms with van der Waals surface area (Å²) in [6, 6.07) is 2.09. The minimum atomic E-state index is -3.69. The zero-order chi connectivity index (χ0) is 14.6. The molecule has 102 valence electrons. The first-order valence-electron chi connectivity index (χ1n) is 5.14. The number of carboxylic acids is 1. The predicted octanol–water partition coefficient (Wildman–Crippen LogP) is 2.88. The van der Waals surface area contributed by atoms with E-state index in [4.69, 9.17) is 28.3 Å². The van der Waals surface area contributed by atoms with Crippen LogP contribution in [-0.2, 0) is 9.84 Å². The van der Waals surface area contributed by atoms with Crippen LogP contribution in [0.5, 0.6) is 0 Å². The number of halogens is 2. The Morgan fingerprint density at radius 1 is 1.32 bits per heavy atom. The smallest absolute Gasteiger partial charge is 0.337 e. The fourth-order valence-electron chi connectivity index (χ4n) is 1.35. The second kappa shape index (κ2) is 6.29. The molecule has 0 spiro atoms. The second-order valence-electron chi connectivity index (χ2n) is 3.56. The van der Waals surface area contributed by atoms with Crippen molar-refractivity contribution >= 4 is 39.0 Å². The maximum atomic E-state index is 12.0. The normalized spacial score (nSPS) is 10.7. The number of carboxylic acid groups (broad SMARTS) is 1. The standard InChI is InChI=1S/C12H10Cl2O4S/c1-2-3-4-5-19(17,18)11-6-8(12(15)16)9(13)7-10(11)14/h6-7H,4-5H2,1H3,(H,15,16). The average molecular weight is 321 g/mol. The van der Waals surface area contributed by atoms with E-state index in [0.717, 1.165) is 12.1 Å². The summed E-state index contributed by atoms with van der Waals surface area (Å²) in [5.41, 5.74) is -0.300. The highest BCUT2D eigenvalue weighted by atomic mass is 35.5. The summed E-state index contributed by atoms with van der Waals surface area (Å²) in [6.45, 7) is 1.60. The van der Waals surface area contributed by atoms with E-state index < -0.39 is 15.8 Å². The number of aromatic carboxylic acids is 1. The van der Waals surface area contributed by atoms with E-state index in [-0.39, 0.29) is 32.7 Å². The zero-order valence-electron chi connectivity index (χ0n) is 9.91. The molecule has 19 heavy (non-hydrogen) atoms. The van der Waals surface area contributed by atoms with Crippen molar-refractivity contribution in [2.75, 3.05) is 5.75 Å². The van der Waals surface area contributed by atoms with Crippen LogP contribution in [0.3, 0.4) is 0 Å². The maximum Gasteiger partial charge on any atom is 0.337 e. The number of hydrogen-bond donors (Lipinski definition) is 1. The maximum absolute atomic E-state index is 12.0. The summed E-state index contributed by atoms with van der Waals surface area (Å²) in [5.74, 6) is 3.67. The average Bonchev–Trinajstić information content (AvgIpc) is 2.28. The van der Waals surface area contributed by atoms with Gasteiger partial charge in [-0.25, -0.2) is 13.2 Å². The van der Waals surface area contributed by atoms with Crippen molar-refractivity contribution in [3.05, 3.63) is 27.7 Å². The number of sulfone groups is 1. The molecule has 7 heteroatoms. The van der Waals surface area contributed by atoms with Gasteiger partial charge in [0.25, 0.3) is 0 Å². The van der Waals surface area contributed by atoms with Crippen LogP contribution in [0.1, 0.15) is 23.7 Å². The van der Waals surface area contributed by atoms with E-state index in [2.05, 4.69) is 11.8 Å². The number of rotatable bonds is 4. The molecule has 0 aliphatic rings. The Morgan fingerprint density at radius 2 is 1.95 bits per heavy atom. The van der Waals surface area contributed by atoms with Crippen molar-refractivity contribution in [1.82, 2.24) is 0 Å². The molecule has 0 bridgehead atoms. The van der Waals surface area contributed by atoms with E-state index in [1.807, 2.05) is 0 Å². The molecule has 1 aromatic rings. The summed E-state index contributed by atoms with van der Waals surface area (Å²) < 4.78 is 24.1. The van der Waals surface area contributed by atoms with Crippen molar-refractivity contribution in [2.45, 2.75) is 18.2 Å². The highest BCUT2D eigenvalue weighted by molar-refractivity contribution is 7.91. The number of hydrogen-bond acceptors (Lipinski definition) is 3. The third-order valence-electron chi connectivity index (χ3n) is 2.26. The van der Waals surface area contributed by atoms with Crippen molar-refractivity contribution < 1.29 is 18.3 Å². The molecular formula is C12H10Cl2O4S. The topological polar surface area (TPSA) is 71.4 Å². The molecule has 0 unspecified atom stereocenters. The van der Waals surface area contributed by atoms with Gasteiger partial charge in [0.15, 0.2) is 9.84 Å². The second-order valence-corrected chi connectivity index (χ2v) is 6.46. The minimum absolute atomic E-state index is 0.0977. The molecule has 0 amide bonds. The van der Waals surface area contributed by atoms with E-state index in [9.17, 15) is 13.2 Å². The summed E-state index contributed by atoms with van der Waals surface area (Å²) >= 11 is 11.5. The molecule has 0 aliphatic carbocycles. The fourth-order valence-corrected chi connectivity index (χ4v) is 3.41. The highest BCUT2D eigenvalue weighted by Crippen LogP contribution is 2.29. The summed E-state index contributed by atoms with van der Waals surface area (Å²) in [6.07, 6.45) is 0.153. The SMILES string of the molecule is CC#CCCS(=O)(=O)c1cc(C(=O)O)c(Cl)cc1Cl. The van der Waals surface area contributed by atoms with E-state index in [0.29, 0.717) is 0 Å². The van der Waals surface area contributed by atoms with Crippen molar-refractivity contribution in [3.63, 3.8) is 0 Å². The monoisotopic (exact) mass is 320 g/mol.